The summed E-state index contributed by atoms with van der Waals surface area (Å²) < 4.78 is 8.88. The van der Waals surface area contributed by atoms with Crippen molar-refractivity contribution in [3.63, 3.8) is 0 Å². The van der Waals surface area contributed by atoms with Gasteiger partial charge in [0.05, 0.1) is 23.4 Å². The van der Waals surface area contributed by atoms with Crippen molar-refractivity contribution >= 4 is 27.5 Å². The predicted molar refractivity (Wildman–Crippen MR) is 96.9 cm³/mol. The van der Waals surface area contributed by atoms with Crippen molar-refractivity contribution in [3.8, 4) is 0 Å². The van der Waals surface area contributed by atoms with Gasteiger partial charge in [0.25, 0.3) is 5.91 Å². The average molecular weight is 347 g/mol. The van der Waals surface area contributed by atoms with Crippen LogP contribution >= 0.6 is 11.3 Å². The normalized spacial score (nSPS) is 20.0. The van der Waals surface area contributed by atoms with Gasteiger partial charge in [-0.25, -0.2) is 0 Å². The Bertz CT molecular complexity index is 696. The molecule has 1 saturated heterocycles. The molecule has 1 aliphatic carbocycles. The number of thiophene rings is 1. The first-order chi connectivity index (χ1) is 11.8. The molecule has 4 rings (SSSR count). The molecule has 0 aromatic carbocycles. The third-order valence-electron chi connectivity index (χ3n) is 5.20. The van der Waals surface area contributed by atoms with Gasteiger partial charge < -0.3 is 14.6 Å². The number of morpholine rings is 1. The maximum Gasteiger partial charge on any atom is 0.268 e. The zero-order chi connectivity index (χ0) is 16.4. The number of nitrogens with zero attached hydrogens (tertiary/aromatic N) is 2. The molecule has 2 aromatic rings. The molecule has 0 spiro atoms. The SMILES string of the molecule is O=C(NCCN1CCOCC1)c1cc2sccc2n1C1CCCC1. The van der Waals surface area contributed by atoms with Crippen LogP contribution in [-0.4, -0.2) is 54.8 Å². The Labute approximate surface area is 146 Å². The van der Waals surface area contributed by atoms with Gasteiger partial charge in [0.15, 0.2) is 0 Å². The van der Waals surface area contributed by atoms with Gasteiger partial charge >= 0.3 is 0 Å². The average Bonchev–Trinajstić information content (AvgIpc) is 3.32. The standard InChI is InChI=1S/C18H25N3O2S/c22-18(19-6-7-20-8-10-23-11-9-20)16-13-17-15(5-12-24-17)21(16)14-3-1-2-4-14/h5,12-14H,1-4,6-11H2,(H,19,22). The molecule has 1 N–H and O–H groups in total. The maximum atomic E-state index is 12.8. The van der Waals surface area contributed by atoms with Crippen molar-refractivity contribution in [2.24, 2.45) is 0 Å². The van der Waals surface area contributed by atoms with Gasteiger partial charge in [0.2, 0.25) is 0 Å². The molecule has 1 amide bonds. The Morgan fingerprint density at radius 1 is 1.29 bits per heavy atom. The van der Waals surface area contributed by atoms with E-state index < -0.39 is 0 Å². The van der Waals surface area contributed by atoms with E-state index in [-0.39, 0.29) is 5.91 Å². The molecule has 0 unspecified atom stereocenters. The van der Waals surface area contributed by atoms with Gasteiger partial charge in [0.1, 0.15) is 5.69 Å². The van der Waals surface area contributed by atoms with Crippen molar-refractivity contribution in [1.82, 2.24) is 14.8 Å². The van der Waals surface area contributed by atoms with E-state index in [4.69, 9.17) is 4.74 Å². The van der Waals surface area contributed by atoms with E-state index in [0.29, 0.717) is 12.6 Å². The van der Waals surface area contributed by atoms with Gasteiger partial charge in [-0.1, -0.05) is 12.8 Å². The molecule has 0 bridgehead atoms. The highest BCUT2D eigenvalue weighted by Crippen LogP contribution is 2.36. The molecule has 0 radical (unpaired) electrons. The topological polar surface area (TPSA) is 46.5 Å². The number of carbonyl (C=O) groups excluding carboxylic acids is 1. The summed E-state index contributed by atoms with van der Waals surface area (Å²) in [6.45, 7) is 5.12. The summed E-state index contributed by atoms with van der Waals surface area (Å²) in [6, 6.07) is 4.71. The van der Waals surface area contributed by atoms with E-state index in [1.807, 2.05) is 0 Å². The Morgan fingerprint density at radius 3 is 2.88 bits per heavy atom. The van der Waals surface area contributed by atoms with Crippen LogP contribution < -0.4 is 5.32 Å². The number of ether oxygens (including phenoxy) is 1. The number of nitrogens with one attached hydrogen (secondary N) is 1. The Morgan fingerprint density at radius 2 is 2.08 bits per heavy atom. The van der Waals surface area contributed by atoms with Crippen molar-refractivity contribution < 1.29 is 9.53 Å². The third-order valence-corrected chi connectivity index (χ3v) is 6.05. The lowest BCUT2D eigenvalue weighted by Gasteiger charge is -2.26. The fourth-order valence-electron chi connectivity index (χ4n) is 3.92. The lowest BCUT2D eigenvalue weighted by atomic mass is 10.2. The molecule has 1 aliphatic heterocycles. The van der Waals surface area contributed by atoms with Crippen molar-refractivity contribution in [3.05, 3.63) is 23.2 Å². The second-order valence-electron chi connectivity index (χ2n) is 6.72. The highest BCUT2D eigenvalue weighted by Gasteiger charge is 2.25. The first-order valence-electron chi connectivity index (χ1n) is 8.99. The Hall–Kier alpha value is -1.37. The Kier molecular flexibility index (Phi) is 4.87. The summed E-state index contributed by atoms with van der Waals surface area (Å²) in [4.78, 5) is 15.1. The molecular formula is C18H25N3O2S. The fourth-order valence-corrected chi connectivity index (χ4v) is 4.73. The van der Waals surface area contributed by atoms with Crippen molar-refractivity contribution in [2.45, 2.75) is 31.7 Å². The monoisotopic (exact) mass is 347 g/mol. The quantitative estimate of drug-likeness (QED) is 0.905. The molecule has 6 heteroatoms. The first-order valence-corrected chi connectivity index (χ1v) is 9.87. The third kappa shape index (κ3) is 3.23. The molecule has 0 atom stereocenters. The molecule has 2 aromatic heterocycles. The van der Waals surface area contributed by atoms with E-state index in [2.05, 4.69) is 32.3 Å². The van der Waals surface area contributed by atoms with Gasteiger partial charge in [-0.05, 0) is 30.4 Å². The van der Waals surface area contributed by atoms with Crippen LogP contribution in [0.2, 0.25) is 0 Å². The molecule has 24 heavy (non-hydrogen) atoms. The zero-order valence-corrected chi connectivity index (χ0v) is 14.8. The van der Waals surface area contributed by atoms with E-state index in [1.165, 1.54) is 35.9 Å². The highest BCUT2D eigenvalue weighted by atomic mass is 32.1. The number of carbonyl (C=O) groups is 1. The van der Waals surface area contributed by atoms with E-state index in [9.17, 15) is 4.79 Å². The van der Waals surface area contributed by atoms with Crippen molar-refractivity contribution in [1.29, 1.82) is 0 Å². The number of rotatable bonds is 5. The summed E-state index contributed by atoms with van der Waals surface area (Å²) in [7, 11) is 0. The summed E-state index contributed by atoms with van der Waals surface area (Å²) in [5, 5.41) is 5.24. The number of hydrogen-bond donors (Lipinski definition) is 1. The number of hydrogen-bond acceptors (Lipinski definition) is 4. The van der Waals surface area contributed by atoms with Gasteiger partial charge in [-0.3, -0.25) is 9.69 Å². The largest absolute Gasteiger partial charge is 0.379 e. The molecular weight excluding hydrogens is 322 g/mol. The van der Waals surface area contributed by atoms with Crippen LogP contribution in [0, 0.1) is 0 Å². The second-order valence-corrected chi connectivity index (χ2v) is 7.67. The smallest absolute Gasteiger partial charge is 0.268 e. The number of fused-ring (bicyclic) bond motifs is 1. The van der Waals surface area contributed by atoms with Crippen LogP contribution in [0.25, 0.3) is 10.2 Å². The summed E-state index contributed by atoms with van der Waals surface area (Å²) >= 11 is 1.72. The van der Waals surface area contributed by atoms with Crippen LogP contribution in [0.1, 0.15) is 42.2 Å². The molecule has 3 heterocycles. The lowest BCUT2D eigenvalue weighted by Crippen LogP contribution is -2.41. The van der Waals surface area contributed by atoms with E-state index >= 15 is 0 Å². The Balaban J connectivity index is 1.45. The highest BCUT2D eigenvalue weighted by molar-refractivity contribution is 7.17. The van der Waals surface area contributed by atoms with Crippen LogP contribution in [-0.2, 0) is 4.74 Å². The van der Waals surface area contributed by atoms with Gasteiger partial charge in [0, 0.05) is 32.2 Å². The predicted octanol–water partition coefficient (Wildman–Crippen LogP) is 2.88. The second kappa shape index (κ2) is 7.25. The molecule has 1 saturated carbocycles. The first kappa shape index (κ1) is 16.1. The summed E-state index contributed by atoms with van der Waals surface area (Å²) in [6.07, 6.45) is 4.92. The number of amides is 1. The molecule has 5 nitrogen and oxygen atoms in total. The molecule has 2 fully saturated rings. The molecule has 2 aliphatic rings. The molecule has 130 valence electrons. The summed E-state index contributed by atoms with van der Waals surface area (Å²) in [5.41, 5.74) is 2.07. The van der Waals surface area contributed by atoms with E-state index in [1.54, 1.807) is 11.3 Å². The van der Waals surface area contributed by atoms with Gasteiger partial charge in [-0.15, -0.1) is 11.3 Å². The van der Waals surface area contributed by atoms with Crippen LogP contribution in [0.15, 0.2) is 17.5 Å². The van der Waals surface area contributed by atoms with E-state index in [0.717, 1.165) is 38.5 Å². The van der Waals surface area contributed by atoms with Gasteiger partial charge in [-0.2, -0.15) is 0 Å². The number of aromatic nitrogens is 1. The summed E-state index contributed by atoms with van der Waals surface area (Å²) in [5.74, 6) is 0.0681. The zero-order valence-electron chi connectivity index (χ0n) is 14.0. The van der Waals surface area contributed by atoms with Crippen LogP contribution in [0.4, 0.5) is 0 Å². The van der Waals surface area contributed by atoms with Crippen molar-refractivity contribution in [2.75, 3.05) is 39.4 Å². The minimum absolute atomic E-state index is 0.0681. The van der Waals surface area contributed by atoms with Crippen LogP contribution in [0.3, 0.4) is 0 Å². The maximum absolute atomic E-state index is 12.8. The van der Waals surface area contributed by atoms with Crippen LogP contribution in [0.5, 0.6) is 0 Å². The fraction of sp³-hybridized carbons (Fsp3) is 0.611. The lowest BCUT2D eigenvalue weighted by molar-refractivity contribution is 0.0383. The minimum Gasteiger partial charge on any atom is -0.379 e. The minimum atomic E-state index is 0.0681.